The van der Waals surface area contributed by atoms with E-state index in [0.29, 0.717) is 37.1 Å². The number of aromatic hydroxyl groups is 1. The van der Waals surface area contributed by atoms with Crippen molar-refractivity contribution in [3.05, 3.63) is 60.5 Å². The van der Waals surface area contributed by atoms with Crippen LogP contribution in [0, 0.1) is 0 Å². The van der Waals surface area contributed by atoms with Gasteiger partial charge in [-0.1, -0.05) is 34.8 Å². The quantitative estimate of drug-likeness (QED) is 0.366. The summed E-state index contributed by atoms with van der Waals surface area (Å²) < 4.78 is 5.18. The van der Waals surface area contributed by atoms with E-state index in [1.165, 1.54) is 0 Å². The highest BCUT2D eigenvalue weighted by Gasteiger charge is 2.18. The molecule has 144 valence electrons. The number of Topliss-reactive ketones (excluding diaryl/α,β-unsaturated/α-hetero) is 1. The van der Waals surface area contributed by atoms with Gasteiger partial charge in [-0.25, -0.2) is 0 Å². The van der Waals surface area contributed by atoms with Crippen molar-refractivity contribution in [1.82, 2.24) is 0 Å². The maximum absolute atomic E-state index is 12.5. The molecule has 0 radical (unpaired) electrons. The van der Waals surface area contributed by atoms with E-state index in [-0.39, 0.29) is 36.5 Å². The van der Waals surface area contributed by atoms with E-state index in [0.717, 1.165) is 0 Å². The van der Waals surface area contributed by atoms with Crippen molar-refractivity contribution in [3.8, 4) is 5.75 Å². The smallest absolute Gasteiger partial charge is 0.306 e. The Hall–Kier alpha value is -1.27. The lowest BCUT2D eigenvalue weighted by Gasteiger charge is -2.12. The van der Waals surface area contributed by atoms with Gasteiger partial charge in [-0.05, 0) is 58.2 Å². The monoisotopic (exact) mass is 492 g/mol. The summed E-state index contributed by atoms with van der Waals surface area (Å²) in [6, 6.07) is 6.42. The van der Waals surface area contributed by atoms with Crippen LogP contribution in [-0.4, -0.2) is 23.5 Å². The van der Waals surface area contributed by atoms with Gasteiger partial charge in [0.05, 0.1) is 23.1 Å². The van der Waals surface area contributed by atoms with Gasteiger partial charge in [-0.3, -0.25) is 9.59 Å². The molecule has 0 saturated heterocycles. The Bertz CT molecular complexity index is 860. The third kappa shape index (κ3) is 5.85. The lowest BCUT2D eigenvalue weighted by molar-refractivity contribution is -0.143. The second-order valence-corrected chi connectivity index (χ2v) is 7.83. The molecule has 0 saturated carbocycles. The normalized spacial score (nSPS) is 10.7. The highest BCUT2D eigenvalue weighted by Crippen LogP contribution is 2.35. The first-order chi connectivity index (χ1) is 12.7. The maximum atomic E-state index is 12.5. The minimum atomic E-state index is -0.458. The average Bonchev–Trinajstić information content (AvgIpc) is 2.59. The number of esters is 1. The summed E-state index contributed by atoms with van der Waals surface area (Å²) in [7, 11) is 0. The molecule has 2 rings (SSSR count). The Kier molecular flexibility index (Phi) is 7.98. The SMILES string of the molecule is CCOC(=O)CCC(=O)c1cc(Cc2c(Cl)cc(Cl)cc2Cl)cc(Br)c1O. The number of carbonyl (C=O) groups is 2. The second-order valence-electron chi connectivity index (χ2n) is 5.73. The third-order valence-corrected chi connectivity index (χ3v) is 5.27. The highest BCUT2D eigenvalue weighted by molar-refractivity contribution is 9.10. The van der Waals surface area contributed by atoms with Crippen molar-refractivity contribution in [2.24, 2.45) is 0 Å². The van der Waals surface area contributed by atoms with E-state index in [9.17, 15) is 14.7 Å². The Balaban J connectivity index is 2.28. The van der Waals surface area contributed by atoms with Gasteiger partial charge in [-0.15, -0.1) is 0 Å². The molecular weight excluding hydrogens is 478 g/mol. The van der Waals surface area contributed by atoms with Crippen molar-refractivity contribution in [2.75, 3.05) is 6.61 Å². The molecule has 0 unspecified atom stereocenters. The van der Waals surface area contributed by atoms with E-state index < -0.39 is 5.97 Å². The van der Waals surface area contributed by atoms with Crippen LogP contribution in [0.3, 0.4) is 0 Å². The predicted octanol–water partition coefficient (Wildman–Crippen LogP) is 6.23. The summed E-state index contributed by atoms with van der Waals surface area (Å²) in [6.07, 6.45) is 0.222. The Labute approximate surface area is 180 Å². The fourth-order valence-electron chi connectivity index (χ4n) is 2.50. The van der Waals surface area contributed by atoms with Crippen LogP contribution in [0.2, 0.25) is 15.1 Å². The van der Waals surface area contributed by atoms with Gasteiger partial charge in [0.25, 0.3) is 0 Å². The molecule has 0 bridgehead atoms. The molecule has 0 aromatic heterocycles. The topological polar surface area (TPSA) is 63.6 Å². The van der Waals surface area contributed by atoms with E-state index in [2.05, 4.69) is 15.9 Å². The fourth-order valence-corrected chi connectivity index (χ4v) is 3.96. The molecule has 0 aliphatic rings. The molecule has 0 aliphatic carbocycles. The predicted molar refractivity (Wildman–Crippen MR) is 110 cm³/mol. The van der Waals surface area contributed by atoms with Crippen LogP contribution in [0.4, 0.5) is 0 Å². The van der Waals surface area contributed by atoms with E-state index >= 15 is 0 Å². The van der Waals surface area contributed by atoms with Gasteiger partial charge in [0.15, 0.2) is 5.78 Å². The van der Waals surface area contributed by atoms with Gasteiger partial charge < -0.3 is 9.84 Å². The van der Waals surface area contributed by atoms with Crippen LogP contribution < -0.4 is 0 Å². The number of rotatable bonds is 7. The molecule has 2 aromatic carbocycles. The molecule has 8 heteroatoms. The first kappa shape index (κ1) is 22.0. The molecule has 0 atom stereocenters. The summed E-state index contributed by atoms with van der Waals surface area (Å²) in [5.41, 5.74) is 1.49. The largest absolute Gasteiger partial charge is 0.506 e. The molecule has 4 nitrogen and oxygen atoms in total. The molecule has 0 heterocycles. The molecule has 27 heavy (non-hydrogen) atoms. The first-order valence-electron chi connectivity index (χ1n) is 8.06. The summed E-state index contributed by atoms with van der Waals surface area (Å²) >= 11 is 21.6. The molecule has 0 fully saturated rings. The number of phenolic OH excluding ortho intramolecular Hbond substituents is 1. The number of hydrogen-bond acceptors (Lipinski definition) is 4. The Morgan fingerprint density at radius 1 is 1.07 bits per heavy atom. The highest BCUT2D eigenvalue weighted by atomic mass is 79.9. The van der Waals surface area contributed by atoms with Crippen molar-refractivity contribution < 1.29 is 19.4 Å². The maximum Gasteiger partial charge on any atom is 0.306 e. The fraction of sp³-hybridized carbons (Fsp3) is 0.263. The van der Waals surface area contributed by atoms with Gasteiger partial charge in [0, 0.05) is 27.9 Å². The molecule has 2 aromatic rings. The van der Waals surface area contributed by atoms with Crippen molar-refractivity contribution in [1.29, 1.82) is 0 Å². The molecule has 1 N–H and O–H groups in total. The van der Waals surface area contributed by atoms with Crippen LogP contribution >= 0.6 is 50.7 Å². The minimum Gasteiger partial charge on any atom is -0.506 e. The lowest BCUT2D eigenvalue weighted by atomic mass is 9.98. The van der Waals surface area contributed by atoms with Crippen molar-refractivity contribution in [3.63, 3.8) is 0 Å². The number of phenols is 1. The number of halogens is 4. The summed E-state index contributed by atoms with van der Waals surface area (Å²) in [6.45, 7) is 1.95. The summed E-state index contributed by atoms with van der Waals surface area (Å²) in [4.78, 5) is 23.9. The van der Waals surface area contributed by atoms with Crippen molar-refractivity contribution >= 4 is 62.5 Å². The average molecular weight is 495 g/mol. The zero-order chi connectivity index (χ0) is 20.1. The van der Waals surface area contributed by atoms with Gasteiger partial charge in [-0.2, -0.15) is 0 Å². The number of ketones is 1. The molecule has 0 amide bonds. The molecule has 0 spiro atoms. The summed E-state index contributed by atoms with van der Waals surface area (Å²) in [5.74, 6) is -1.00. The summed E-state index contributed by atoms with van der Waals surface area (Å²) in [5, 5.41) is 11.5. The van der Waals surface area contributed by atoms with E-state index in [1.54, 1.807) is 31.2 Å². The Morgan fingerprint density at radius 3 is 2.30 bits per heavy atom. The van der Waals surface area contributed by atoms with Gasteiger partial charge in [0.1, 0.15) is 5.75 Å². The van der Waals surface area contributed by atoms with Gasteiger partial charge in [0.2, 0.25) is 0 Å². The minimum absolute atomic E-state index is 0.0528. The van der Waals surface area contributed by atoms with Crippen molar-refractivity contribution in [2.45, 2.75) is 26.2 Å². The van der Waals surface area contributed by atoms with E-state index in [1.807, 2.05) is 0 Å². The lowest BCUT2D eigenvalue weighted by Crippen LogP contribution is -2.08. The molecular formula is C19H16BrCl3O4. The second kappa shape index (κ2) is 9.78. The third-order valence-electron chi connectivity index (χ3n) is 3.77. The Morgan fingerprint density at radius 2 is 1.70 bits per heavy atom. The van der Waals surface area contributed by atoms with E-state index in [4.69, 9.17) is 39.5 Å². The zero-order valence-corrected chi connectivity index (χ0v) is 18.2. The van der Waals surface area contributed by atoms with Crippen LogP contribution in [0.5, 0.6) is 5.75 Å². The number of ether oxygens (including phenoxy) is 1. The van der Waals surface area contributed by atoms with Crippen LogP contribution in [-0.2, 0) is 16.0 Å². The first-order valence-corrected chi connectivity index (χ1v) is 9.99. The number of hydrogen-bond donors (Lipinski definition) is 1. The standard InChI is InChI=1S/C19H16BrCl3O4/c1-2-27-18(25)4-3-17(24)13-6-10(7-14(20)19(13)26)5-12-15(22)8-11(21)9-16(12)23/h6-9,26H,2-5H2,1H3. The van der Waals surface area contributed by atoms with Gasteiger partial charge >= 0.3 is 5.97 Å². The van der Waals surface area contributed by atoms with Crippen LogP contribution in [0.15, 0.2) is 28.7 Å². The zero-order valence-electron chi connectivity index (χ0n) is 14.3. The van der Waals surface area contributed by atoms with Crippen LogP contribution in [0.1, 0.15) is 41.3 Å². The molecule has 0 aliphatic heterocycles. The number of benzene rings is 2. The number of carbonyl (C=O) groups excluding carboxylic acids is 2. The van der Waals surface area contributed by atoms with Crippen LogP contribution in [0.25, 0.3) is 0 Å².